The number of H-pyrrole nitrogens is 1. The number of nitrogens with zero attached hydrogens (tertiary/aromatic N) is 2. The Kier molecular flexibility index (Phi) is 7.41. The van der Waals surface area contributed by atoms with Crippen molar-refractivity contribution >= 4 is 17.4 Å². The van der Waals surface area contributed by atoms with Crippen LogP contribution < -0.4 is 16.2 Å². The largest absolute Gasteiger partial charge is 0.320 e. The van der Waals surface area contributed by atoms with Crippen LogP contribution in [-0.2, 0) is 11.2 Å². The van der Waals surface area contributed by atoms with Crippen LogP contribution in [0.2, 0.25) is 0 Å². The number of ketones is 1. The summed E-state index contributed by atoms with van der Waals surface area (Å²) in [7, 11) is 1.66. The average Bonchev–Trinajstić information content (AvgIpc) is 2.89. The molecule has 3 N–H and O–H groups in total. The number of likely N-dealkylation sites (N-methyl/N-ethyl adjacent to an activating group) is 1. The lowest BCUT2D eigenvalue weighted by Gasteiger charge is -2.11. The van der Waals surface area contributed by atoms with Gasteiger partial charge in [0.2, 0.25) is 5.91 Å². The van der Waals surface area contributed by atoms with Crippen molar-refractivity contribution in [3.63, 3.8) is 0 Å². The minimum Gasteiger partial charge on any atom is -0.320 e. The third-order valence-corrected chi connectivity index (χ3v) is 5.67. The van der Waals surface area contributed by atoms with Crippen LogP contribution in [0.15, 0.2) is 78.0 Å². The van der Waals surface area contributed by atoms with E-state index in [1.165, 1.54) is 30.5 Å². The molecule has 0 saturated heterocycles. The maximum atomic E-state index is 13.2. The normalized spacial score (nSPS) is 11.6. The standard InChI is InChI=1S/C27H24FN5O3/c1-16(29-2)26(35)33-24-8-7-23(32-27(24)36)19-9-10-31-22(13-19)12-17-11-20(15-30-14-17)25(34)18-3-5-21(28)6-4-18/h3-11,13-16,29H,12H2,1-2H3,(H,32,36)(H,33,35)/t16-/m0/s1. The Morgan fingerprint density at radius 1 is 1.03 bits per heavy atom. The molecule has 9 heteroatoms. The minimum absolute atomic E-state index is 0.161. The van der Waals surface area contributed by atoms with Crippen molar-refractivity contribution in [1.82, 2.24) is 20.3 Å². The molecule has 1 atom stereocenters. The quantitative estimate of drug-likeness (QED) is 0.330. The van der Waals surface area contributed by atoms with Crippen molar-refractivity contribution in [3.8, 4) is 11.3 Å². The Bertz CT molecular complexity index is 1470. The minimum atomic E-state index is -0.439. The molecule has 0 spiro atoms. The van der Waals surface area contributed by atoms with Crippen LogP contribution in [0.3, 0.4) is 0 Å². The van der Waals surface area contributed by atoms with Crippen LogP contribution in [0, 0.1) is 5.82 Å². The van der Waals surface area contributed by atoms with Crippen molar-refractivity contribution in [2.45, 2.75) is 19.4 Å². The first-order valence-electron chi connectivity index (χ1n) is 11.2. The second kappa shape index (κ2) is 10.8. The SMILES string of the molecule is CN[C@@H](C)C(=O)Nc1ccc(-c2ccnc(Cc3cncc(C(=O)c4ccc(F)cc4)c3)c2)[nH]c1=O. The number of aromatic amines is 1. The van der Waals surface area contributed by atoms with Crippen molar-refractivity contribution in [2.24, 2.45) is 0 Å². The van der Waals surface area contributed by atoms with Gasteiger partial charge in [0, 0.05) is 53.1 Å². The van der Waals surface area contributed by atoms with Crippen molar-refractivity contribution < 1.29 is 14.0 Å². The molecule has 4 rings (SSSR count). The molecule has 3 aromatic heterocycles. The summed E-state index contributed by atoms with van der Waals surface area (Å²) in [5.74, 6) is -0.968. The van der Waals surface area contributed by atoms with Crippen LogP contribution in [0.25, 0.3) is 11.3 Å². The van der Waals surface area contributed by atoms with Gasteiger partial charge < -0.3 is 15.6 Å². The van der Waals surface area contributed by atoms with E-state index in [0.717, 1.165) is 11.1 Å². The van der Waals surface area contributed by atoms with Crippen LogP contribution >= 0.6 is 0 Å². The van der Waals surface area contributed by atoms with Crippen LogP contribution in [0.5, 0.6) is 0 Å². The molecule has 1 amide bonds. The number of aromatic nitrogens is 3. The molecule has 0 unspecified atom stereocenters. The maximum Gasteiger partial charge on any atom is 0.272 e. The van der Waals surface area contributed by atoms with Gasteiger partial charge in [-0.15, -0.1) is 0 Å². The summed E-state index contributed by atoms with van der Waals surface area (Å²) in [5.41, 5.74) is 3.31. The zero-order chi connectivity index (χ0) is 25.7. The summed E-state index contributed by atoms with van der Waals surface area (Å²) in [6.07, 6.45) is 5.17. The second-order valence-electron chi connectivity index (χ2n) is 8.24. The van der Waals surface area contributed by atoms with Gasteiger partial charge >= 0.3 is 0 Å². The molecule has 3 heterocycles. The van der Waals surface area contributed by atoms with E-state index in [1.807, 2.05) is 6.07 Å². The van der Waals surface area contributed by atoms with Crippen molar-refractivity contribution in [1.29, 1.82) is 0 Å². The number of hydrogen-bond acceptors (Lipinski definition) is 6. The van der Waals surface area contributed by atoms with E-state index < -0.39 is 17.4 Å². The predicted octanol–water partition coefficient (Wildman–Crippen LogP) is 3.34. The van der Waals surface area contributed by atoms with Crippen molar-refractivity contribution in [3.05, 3.63) is 112 Å². The number of carbonyl (C=O) groups excluding carboxylic acids is 2. The fourth-order valence-corrected chi connectivity index (χ4v) is 3.54. The number of benzene rings is 1. The highest BCUT2D eigenvalue weighted by atomic mass is 19.1. The summed E-state index contributed by atoms with van der Waals surface area (Å²) in [6.45, 7) is 1.69. The molecule has 8 nitrogen and oxygen atoms in total. The Hall–Kier alpha value is -4.50. The van der Waals surface area contributed by atoms with E-state index >= 15 is 0 Å². The molecule has 182 valence electrons. The van der Waals surface area contributed by atoms with E-state index in [0.29, 0.717) is 28.9 Å². The summed E-state index contributed by atoms with van der Waals surface area (Å²) >= 11 is 0. The molecule has 1 aromatic carbocycles. The lowest BCUT2D eigenvalue weighted by atomic mass is 10.0. The summed E-state index contributed by atoms with van der Waals surface area (Å²) in [4.78, 5) is 48.7. The molecular weight excluding hydrogens is 461 g/mol. The zero-order valence-corrected chi connectivity index (χ0v) is 19.7. The van der Waals surface area contributed by atoms with Gasteiger partial charge in [0.05, 0.1) is 6.04 Å². The van der Waals surface area contributed by atoms with Gasteiger partial charge in [-0.25, -0.2) is 4.39 Å². The summed E-state index contributed by atoms with van der Waals surface area (Å²) in [5, 5.41) is 5.42. The summed E-state index contributed by atoms with van der Waals surface area (Å²) < 4.78 is 13.2. The van der Waals surface area contributed by atoms with Crippen molar-refractivity contribution in [2.75, 3.05) is 12.4 Å². The number of pyridine rings is 3. The van der Waals surface area contributed by atoms with E-state index in [-0.39, 0.29) is 17.4 Å². The Morgan fingerprint density at radius 2 is 1.81 bits per heavy atom. The number of halogens is 1. The maximum absolute atomic E-state index is 13.2. The van der Waals surface area contributed by atoms with Gasteiger partial charge in [-0.05, 0) is 74.1 Å². The highest BCUT2D eigenvalue weighted by molar-refractivity contribution is 6.08. The number of nitrogens with one attached hydrogen (secondary N) is 3. The number of anilines is 1. The molecular formula is C27H24FN5O3. The average molecular weight is 486 g/mol. The lowest BCUT2D eigenvalue weighted by Crippen LogP contribution is -2.36. The zero-order valence-electron chi connectivity index (χ0n) is 19.7. The topological polar surface area (TPSA) is 117 Å². The third kappa shape index (κ3) is 5.76. The van der Waals surface area contributed by atoms with Gasteiger partial charge in [-0.2, -0.15) is 0 Å². The summed E-state index contributed by atoms with van der Waals surface area (Å²) in [6, 6.07) is 13.5. The molecule has 0 aliphatic heterocycles. The van der Waals surface area contributed by atoms with Gasteiger partial charge in [0.1, 0.15) is 11.5 Å². The molecule has 0 aliphatic carbocycles. The number of rotatable bonds is 8. The number of carbonyl (C=O) groups is 2. The Balaban J connectivity index is 1.52. The van der Waals surface area contributed by atoms with Gasteiger partial charge in [-0.3, -0.25) is 24.4 Å². The van der Waals surface area contributed by atoms with Crippen LogP contribution in [0.1, 0.15) is 34.1 Å². The predicted molar refractivity (Wildman–Crippen MR) is 134 cm³/mol. The molecule has 0 radical (unpaired) electrons. The first-order valence-corrected chi connectivity index (χ1v) is 11.2. The van der Waals surface area contributed by atoms with E-state index in [9.17, 15) is 18.8 Å². The lowest BCUT2D eigenvalue weighted by molar-refractivity contribution is -0.117. The fourth-order valence-electron chi connectivity index (χ4n) is 3.54. The number of amides is 1. The molecule has 0 saturated carbocycles. The Morgan fingerprint density at radius 3 is 2.53 bits per heavy atom. The van der Waals surface area contributed by atoms with Gasteiger partial charge in [0.25, 0.3) is 5.56 Å². The highest BCUT2D eigenvalue weighted by Crippen LogP contribution is 2.19. The van der Waals surface area contributed by atoms with Gasteiger partial charge in [0.15, 0.2) is 5.78 Å². The molecule has 0 fully saturated rings. The third-order valence-electron chi connectivity index (χ3n) is 5.67. The van der Waals surface area contributed by atoms with E-state index in [2.05, 4.69) is 25.6 Å². The first kappa shape index (κ1) is 24.6. The second-order valence-corrected chi connectivity index (χ2v) is 8.24. The van der Waals surface area contributed by atoms with E-state index in [1.54, 1.807) is 50.6 Å². The van der Waals surface area contributed by atoms with Crippen LogP contribution in [0.4, 0.5) is 10.1 Å². The number of hydrogen-bond donors (Lipinski definition) is 3. The monoisotopic (exact) mass is 485 g/mol. The highest BCUT2D eigenvalue weighted by Gasteiger charge is 2.14. The first-order chi connectivity index (χ1) is 17.3. The fraction of sp³-hybridized carbons (Fsp3) is 0.148. The molecule has 4 aromatic rings. The van der Waals surface area contributed by atoms with E-state index in [4.69, 9.17) is 0 Å². The molecule has 0 bridgehead atoms. The molecule has 36 heavy (non-hydrogen) atoms. The van der Waals surface area contributed by atoms with Crippen LogP contribution in [-0.4, -0.2) is 39.7 Å². The molecule has 0 aliphatic rings. The van der Waals surface area contributed by atoms with Gasteiger partial charge in [-0.1, -0.05) is 0 Å². The smallest absolute Gasteiger partial charge is 0.272 e. The Labute approximate surface area is 206 Å².